The monoisotopic (exact) mass is 394 g/mol. The van der Waals surface area contributed by atoms with Gasteiger partial charge in [-0.1, -0.05) is 91.0 Å². The average molecular weight is 395 g/mol. The quantitative estimate of drug-likeness (QED) is 0.369. The summed E-state index contributed by atoms with van der Waals surface area (Å²) in [5.74, 6) is 0.743. The minimum atomic E-state index is -2.98. The first-order valence-corrected chi connectivity index (χ1v) is 11.6. The van der Waals surface area contributed by atoms with E-state index in [-0.39, 0.29) is 5.41 Å². The third-order valence-electron chi connectivity index (χ3n) is 5.31. The Morgan fingerprint density at radius 3 is 1.31 bits per heavy atom. The van der Waals surface area contributed by atoms with Crippen LogP contribution >= 0.6 is 0 Å². The lowest BCUT2D eigenvalue weighted by Gasteiger charge is -2.32. The molecule has 0 heterocycles. The van der Waals surface area contributed by atoms with Crippen molar-refractivity contribution < 1.29 is 9.53 Å². The molecular formula is C26H22O2Si. The molecule has 0 N–H and O–H groups in total. The van der Waals surface area contributed by atoms with Crippen molar-refractivity contribution in [3.8, 4) is 5.75 Å². The summed E-state index contributed by atoms with van der Waals surface area (Å²) in [6, 6.07) is 38.1. The lowest BCUT2D eigenvalue weighted by Crippen LogP contribution is -2.72. The molecule has 142 valence electrons. The van der Waals surface area contributed by atoms with E-state index in [1.165, 1.54) is 0 Å². The fraction of sp³-hybridized carbons (Fsp3) is 0.0385. The van der Waals surface area contributed by atoms with E-state index in [1.54, 1.807) is 7.11 Å². The second-order valence-corrected chi connectivity index (χ2v) is 10.6. The van der Waals surface area contributed by atoms with Crippen molar-refractivity contribution in [1.82, 2.24) is 0 Å². The van der Waals surface area contributed by atoms with E-state index >= 15 is 0 Å². The first-order valence-electron chi connectivity index (χ1n) is 9.62. The predicted molar refractivity (Wildman–Crippen MR) is 121 cm³/mol. The van der Waals surface area contributed by atoms with Gasteiger partial charge in [0.25, 0.3) is 0 Å². The second-order valence-electron chi connectivity index (χ2n) is 6.91. The number of rotatable bonds is 6. The summed E-state index contributed by atoms with van der Waals surface area (Å²) in [5, 5.41) is 3.42. The van der Waals surface area contributed by atoms with Crippen molar-refractivity contribution in [3.05, 3.63) is 121 Å². The van der Waals surface area contributed by atoms with Crippen LogP contribution in [0.4, 0.5) is 0 Å². The molecule has 29 heavy (non-hydrogen) atoms. The van der Waals surface area contributed by atoms with Crippen LogP contribution in [-0.4, -0.2) is 20.6 Å². The Morgan fingerprint density at radius 1 is 0.586 bits per heavy atom. The summed E-state index contributed by atoms with van der Waals surface area (Å²) in [6.07, 6.45) is 0. The first-order chi connectivity index (χ1) is 14.3. The van der Waals surface area contributed by atoms with Crippen molar-refractivity contribution in [2.45, 2.75) is 0 Å². The average Bonchev–Trinajstić information content (AvgIpc) is 2.82. The van der Waals surface area contributed by atoms with Crippen LogP contribution < -0.4 is 20.3 Å². The molecule has 0 fully saturated rings. The van der Waals surface area contributed by atoms with Crippen molar-refractivity contribution >= 4 is 29.0 Å². The number of carbonyl (C=O) groups excluding carboxylic acids is 1. The third kappa shape index (κ3) is 3.41. The topological polar surface area (TPSA) is 26.3 Å². The Hall–Kier alpha value is -3.43. The van der Waals surface area contributed by atoms with E-state index in [2.05, 4.69) is 36.4 Å². The van der Waals surface area contributed by atoms with Crippen LogP contribution in [-0.2, 0) is 0 Å². The Labute approximate surface area is 172 Å². The molecule has 0 amide bonds. The van der Waals surface area contributed by atoms with Crippen LogP contribution in [0, 0.1) is 0 Å². The highest BCUT2D eigenvalue weighted by molar-refractivity contribution is 7.31. The van der Waals surface area contributed by atoms with Gasteiger partial charge in [0.05, 0.1) is 7.11 Å². The Morgan fingerprint density at radius 2 is 0.966 bits per heavy atom. The van der Waals surface area contributed by atoms with Gasteiger partial charge in [0, 0.05) is 5.56 Å². The van der Waals surface area contributed by atoms with E-state index in [4.69, 9.17) is 4.74 Å². The molecule has 3 heteroatoms. The van der Waals surface area contributed by atoms with E-state index in [0.717, 1.165) is 21.3 Å². The molecule has 0 spiro atoms. The van der Waals surface area contributed by atoms with Crippen LogP contribution in [0.2, 0.25) is 0 Å². The summed E-state index contributed by atoms with van der Waals surface area (Å²) in [7, 11) is -1.34. The van der Waals surface area contributed by atoms with E-state index in [0.29, 0.717) is 5.56 Å². The number of methoxy groups -OCH3 is 1. The maximum Gasteiger partial charge on any atom is 0.230 e. The van der Waals surface area contributed by atoms with Crippen LogP contribution in [0.25, 0.3) is 0 Å². The van der Waals surface area contributed by atoms with Crippen molar-refractivity contribution in [3.63, 3.8) is 0 Å². The highest BCUT2D eigenvalue weighted by Crippen LogP contribution is 2.18. The van der Waals surface area contributed by atoms with Crippen LogP contribution in [0.3, 0.4) is 0 Å². The van der Waals surface area contributed by atoms with Gasteiger partial charge in [0.1, 0.15) is 5.75 Å². The van der Waals surface area contributed by atoms with Gasteiger partial charge in [-0.25, -0.2) is 0 Å². The van der Waals surface area contributed by atoms with Crippen LogP contribution in [0.1, 0.15) is 10.4 Å². The Kier molecular flexibility index (Phi) is 5.41. The molecule has 0 aliphatic rings. The van der Waals surface area contributed by atoms with Crippen molar-refractivity contribution in [2.24, 2.45) is 0 Å². The molecule has 4 rings (SSSR count). The smallest absolute Gasteiger partial charge is 0.230 e. The second kappa shape index (κ2) is 8.29. The molecule has 0 aliphatic heterocycles. The highest BCUT2D eigenvalue weighted by Gasteiger charge is 2.47. The molecule has 0 aliphatic carbocycles. The summed E-state index contributed by atoms with van der Waals surface area (Å²) in [6.45, 7) is 0. The molecule has 0 aromatic heterocycles. The molecule has 0 bridgehead atoms. The van der Waals surface area contributed by atoms with Crippen molar-refractivity contribution in [2.75, 3.05) is 7.11 Å². The third-order valence-corrected chi connectivity index (χ3v) is 9.88. The molecule has 4 aromatic carbocycles. The largest absolute Gasteiger partial charge is 0.497 e. The van der Waals surface area contributed by atoms with Crippen molar-refractivity contribution in [1.29, 1.82) is 0 Å². The SMILES string of the molecule is COc1ccc(C(=O)[Si](c2ccccc2)(c2ccccc2)c2ccccc2)cc1. The predicted octanol–water partition coefficient (Wildman–Crippen LogP) is 3.59. The van der Waals surface area contributed by atoms with Gasteiger partial charge in [-0.2, -0.15) is 0 Å². The normalized spacial score (nSPS) is 11.1. The zero-order valence-electron chi connectivity index (χ0n) is 16.3. The number of ether oxygens (including phenoxy) is 1. The zero-order valence-corrected chi connectivity index (χ0v) is 17.3. The Bertz CT molecular complexity index is 979. The van der Waals surface area contributed by atoms with Gasteiger partial charge in [-0.05, 0) is 39.8 Å². The highest BCUT2D eigenvalue weighted by atomic mass is 28.3. The van der Waals surface area contributed by atoms with Gasteiger partial charge < -0.3 is 4.74 Å². The number of hydrogen-bond donors (Lipinski definition) is 0. The molecule has 0 saturated carbocycles. The maximum atomic E-state index is 14.3. The molecule has 2 nitrogen and oxygen atoms in total. The van der Waals surface area contributed by atoms with E-state index in [1.807, 2.05) is 78.9 Å². The standard InChI is InChI=1S/C26H22O2Si/c1-28-22-19-17-21(18-20-22)26(27)29(23-11-5-2-6-12-23,24-13-7-3-8-14-24)25-15-9-4-10-16-25/h2-20H,1H3. The fourth-order valence-electron chi connectivity index (χ4n) is 3.92. The van der Waals surface area contributed by atoms with Crippen LogP contribution in [0.15, 0.2) is 115 Å². The van der Waals surface area contributed by atoms with Gasteiger partial charge in [-0.3, -0.25) is 4.79 Å². The molecule has 0 radical (unpaired) electrons. The summed E-state index contributed by atoms with van der Waals surface area (Å²) >= 11 is 0. The molecule has 4 aromatic rings. The zero-order chi connectivity index (χ0) is 20.1. The molecule has 0 atom stereocenters. The van der Waals surface area contributed by atoms with E-state index < -0.39 is 8.07 Å². The summed E-state index contributed by atoms with van der Waals surface area (Å²) in [4.78, 5) is 14.3. The lowest BCUT2D eigenvalue weighted by molar-refractivity contribution is 0.107. The molecular weight excluding hydrogens is 372 g/mol. The summed E-state index contributed by atoms with van der Waals surface area (Å²) in [5.41, 5.74) is 0.703. The minimum absolute atomic E-state index is 0.170. The first kappa shape index (κ1) is 18.9. The van der Waals surface area contributed by atoms with Crippen LogP contribution in [0.5, 0.6) is 5.75 Å². The maximum absolute atomic E-state index is 14.3. The Balaban J connectivity index is 2.03. The van der Waals surface area contributed by atoms with Gasteiger partial charge >= 0.3 is 0 Å². The van der Waals surface area contributed by atoms with E-state index in [9.17, 15) is 4.79 Å². The lowest BCUT2D eigenvalue weighted by atomic mass is 10.2. The van der Waals surface area contributed by atoms with Gasteiger partial charge in [0.15, 0.2) is 5.41 Å². The van der Waals surface area contributed by atoms with Gasteiger partial charge in [-0.15, -0.1) is 0 Å². The number of hydrogen-bond acceptors (Lipinski definition) is 2. The molecule has 0 unspecified atom stereocenters. The number of carbonyl (C=O) groups is 1. The van der Waals surface area contributed by atoms with Gasteiger partial charge in [0.2, 0.25) is 8.07 Å². The fourth-order valence-corrected chi connectivity index (χ4v) is 8.38. The minimum Gasteiger partial charge on any atom is -0.497 e. The number of benzene rings is 4. The molecule has 0 saturated heterocycles. The summed E-state index contributed by atoms with van der Waals surface area (Å²) < 4.78 is 5.29.